The summed E-state index contributed by atoms with van der Waals surface area (Å²) < 4.78 is 87.7. The Hall–Kier alpha value is -5.18. The molecule has 2 N–H and O–H groups in total. The van der Waals surface area contributed by atoms with E-state index in [9.17, 15) is 31.6 Å². The number of hydrogen-bond donors (Lipinski definition) is 2. The van der Waals surface area contributed by atoms with Crippen molar-refractivity contribution >= 4 is 11.6 Å². The van der Waals surface area contributed by atoms with Crippen molar-refractivity contribution in [2.24, 2.45) is 4.99 Å². The normalized spacial score (nSPS) is 12.3. The summed E-state index contributed by atoms with van der Waals surface area (Å²) in [6.07, 6.45) is -8.15. The summed E-state index contributed by atoms with van der Waals surface area (Å²) in [5.41, 5.74) is 1.47. The monoisotopic (exact) mass is 612 g/mol. The fourth-order valence-corrected chi connectivity index (χ4v) is 4.82. The number of aryl methyl sites for hydroxylation is 1. The van der Waals surface area contributed by atoms with Gasteiger partial charge in [-0.25, -0.2) is 0 Å². The van der Waals surface area contributed by atoms with Gasteiger partial charge in [0.05, 0.1) is 0 Å². The van der Waals surface area contributed by atoms with Gasteiger partial charge in [-0.1, -0.05) is 66.7 Å². The summed E-state index contributed by atoms with van der Waals surface area (Å²) >= 11 is 0. The number of aliphatic imine (C=N–C) groups is 1. The van der Waals surface area contributed by atoms with Gasteiger partial charge in [-0.15, -0.1) is 31.3 Å². The Morgan fingerprint density at radius 1 is 0.750 bits per heavy atom. The standard InChI is InChI=1S/C32H26F6N4O2/c1-22-8-5-13-26(16-22)42-29(41-21-39)40-20-30(19-23-9-3-2-4-10-23,24-11-6-14-27(17-24)43-31(33,34)35)25-12-7-15-28(18-25)44-32(36,37)38/h2-18H,19-20H2,1H3,(H2,40,41,42). The van der Waals surface area contributed by atoms with Crippen molar-refractivity contribution in [1.29, 1.82) is 5.26 Å². The smallest absolute Gasteiger partial charge is 0.406 e. The quantitative estimate of drug-likeness (QED) is 0.0871. The number of alkyl halides is 6. The van der Waals surface area contributed by atoms with Crippen molar-refractivity contribution in [2.75, 3.05) is 11.9 Å². The molecule has 0 heterocycles. The molecule has 44 heavy (non-hydrogen) atoms. The van der Waals surface area contributed by atoms with Gasteiger partial charge in [0.1, 0.15) is 11.5 Å². The first-order valence-electron chi connectivity index (χ1n) is 13.2. The van der Waals surface area contributed by atoms with Crippen LogP contribution in [0.25, 0.3) is 0 Å². The molecule has 0 aromatic heterocycles. The number of benzene rings is 4. The Kier molecular flexibility index (Phi) is 9.68. The Bertz CT molecular complexity index is 1570. The van der Waals surface area contributed by atoms with Gasteiger partial charge in [-0.2, -0.15) is 5.26 Å². The predicted molar refractivity (Wildman–Crippen MR) is 153 cm³/mol. The van der Waals surface area contributed by atoms with Crippen LogP contribution in [0.4, 0.5) is 32.0 Å². The van der Waals surface area contributed by atoms with Crippen LogP contribution in [-0.4, -0.2) is 25.2 Å². The maximum absolute atomic E-state index is 13.2. The minimum atomic E-state index is -4.98. The first kappa shape index (κ1) is 31.7. The highest BCUT2D eigenvalue weighted by Gasteiger charge is 2.38. The molecular weight excluding hydrogens is 586 g/mol. The third-order valence-corrected chi connectivity index (χ3v) is 6.59. The molecule has 4 aromatic rings. The van der Waals surface area contributed by atoms with Crippen LogP contribution in [-0.2, 0) is 11.8 Å². The van der Waals surface area contributed by atoms with Crippen LogP contribution in [0.1, 0.15) is 22.3 Å². The summed E-state index contributed by atoms with van der Waals surface area (Å²) in [5.74, 6) is -1.02. The average Bonchev–Trinajstić information content (AvgIpc) is 2.94. The molecule has 0 unspecified atom stereocenters. The molecule has 0 saturated heterocycles. The number of rotatable bonds is 9. The minimum absolute atomic E-state index is 0.0147. The first-order valence-corrected chi connectivity index (χ1v) is 13.2. The molecule has 0 amide bonds. The summed E-state index contributed by atoms with van der Waals surface area (Å²) in [6, 6.07) is 26.6. The van der Waals surface area contributed by atoms with Gasteiger partial charge in [-0.05, 0) is 72.0 Å². The topological polar surface area (TPSA) is 78.7 Å². The Morgan fingerprint density at radius 2 is 1.32 bits per heavy atom. The molecule has 0 aliphatic carbocycles. The maximum Gasteiger partial charge on any atom is 0.573 e. The number of ether oxygens (including phenoxy) is 2. The van der Waals surface area contributed by atoms with Crippen molar-refractivity contribution in [3.63, 3.8) is 0 Å². The van der Waals surface area contributed by atoms with Crippen LogP contribution in [0.2, 0.25) is 0 Å². The molecule has 0 saturated carbocycles. The van der Waals surface area contributed by atoms with Crippen LogP contribution in [0.5, 0.6) is 11.5 Å². The molecule has 0 spiro atoms. The fourth-order valence-electron chi connectivity index (χ4n) is 4.82. The van der Waals surface area contributed by atoms with E-state index in [0.717, 1.165) is 23.3 Å². The van der Waals surface area contributed by atoms with Gasteiger partial charge in [0.2, 0.25) is 12.2 Å². The molecule has 0 fully saturated rings. The molecule has 6 nitrogen and oxygen atoms in total. The van der Waals surface area contributed by atoms with Gasteiger partial charge >= 0.3 is 12.7 Å². The number of guanidine groups is 1. The number of hydrogen-bond acceptors (Lipinski definition) is 4. The van der Waals surface area contributed by atoms with E-state index in [1.54, 1.807) is 60.8 Å². The minimum Gasteiger partial charge on any atom is -0.406 e. The van der Waals surface area contributed by atoms with E-state index in [-0.39, 0.29) is 30.1 Å². The lowest BCUT2D eigenvalue weighted by Gasteiger charge is -2.36. The first-order chi connectivity index (χ1) is 20.8. The zero-order valence-electron chi connectivity index (χ0n) is 23.2. The second-order valence-corrected chi connectivity index (χ2v) is 9.80. The van der Waals surface area contributed by atoms with E-state index in [2.05, 4.69) is 25.1 Å². The molecule has 0 bridgehead atoms. The summed E-state index contributed by atoms with van der Waals surface area (Å²) in [5, 5.41) is 15.5. The Morgan fingerprint density at radius 3 is 1.84 bits per heavy atom. The molecule has 0 aliphatic rings. The lowest BCUT2D eigenvalue weighted by Crippen LogP contribution is -2.45. The van der Waals surface area contributed by atoms with Gasteiger partial charge in [0.25, 0.3) is 0 Å². The average molecular weight is 613 g/mol. The van der Waals surface area contributed by atoms with Crippen LogP contribution in [0.15, 0.2) is 108 Å². The molecule has 4 aromatic carbocycles. The molecule has 228 valence electrons. The highest BCUT2D eigenvalue weighted by molar-refractivity contribution is 5.94. The van der Waals surface area contributed by atoms with Crippen molar-refractivity contribution in [1.82, 2.24) is 5.32 Å². The lowest BCUT2D eigenvalue weighted by atomic mass is 9.70. The van der Waals surface area contributed by atoms with Crippen LogP contribution >= 0.6 is 0 Å². The third-order valence-electron chi connectivity index (χ3n) is 6.59. The fraction of sp³-hybridized carbons (Fsp3) is 0.188. The van der Waals surface area contributed by atoms with Gasteiger partial charge in [0.15, 0.2) is 0 Å². The van der Waals surface area contributed by atoms with Crippen LogP contribution in [0, 0.1) is 18.4 Å². The number of anilines is 1. The van der Waals surface area contributed by atoms with Crippen LogP contribution < -0.4 is 20.1 Å². The molecule has 4 rings (SSSR count). The largest absolute Gasteiger partial charge is 0.573 e. The van der Waals surface area contributed by atoms with Crippen molar-refractivity contribution in [2.45, 2.75) is 31.5 Å². The van der Waals surface area contributed by atoms with Gasteiger partial charge in [-0.3, -0.25) is 0 Å². The number of nitriles is 1. The SMILES string of the molecule is Cc1cccc(NC(=NC#N)NCC(Cc2ccccc2)(c2cccc(OC(F)(F)F)c2)c2cccc(OC(F)(F)F)c2)c1. The van der Waals surface area contributed by atoms with Crippen molar-refractivity contribution < 1.29 is 35.8 Å². The highest BCUT2D eigenvalue weighted by atomic mass is 19.4. The number of nitrogens with one attached hydrogen (secondary N) is 2. The molecular formula is C32H26F6N4O2. The maximum atomic E-state index is 13.2. The Balaban J connectivity index is 1.88. The van der Waals surface area contributed by atoms with E-state index in [1.165, 1.54) is 24.3 Å². The van der Waals surface area contributed by atoms with E-state index < -0.39 is 29.6 Å². The van der Waals surface area contributed by atoms with Crippen molar-refractivity contribution in [3.05, 3.63) is 125 Å². The van der Waals surface area contributed by atoms with Crippen molar-refractivity contribution in [3.8, 4) is 17.7 Å². The number of nitrogens with zero attached hydrogens (tertiary/aromatic N) is 2. The molecule has 12 heteroatoms. The van der Waals surface area contributed by atoms with E-state index in [1.807, 2.05) is 19.1 Å². The third kappa shape index (κ3) is 8.91. The van der Waals surface area contributed by atoms with E-state index >= 15 is 0 Å². The van der Waals surface area contributed by atoms with E-state index in [4.69, 9.17) is 0 Å². The zero-order valence-corrected chi connectivity index (χ0v) is 23.2. The molecule has 0 atom stereocenters. The highest BCUT2D eigenvalue weighted by Crippen LogP contribution is 2.40. The zero-order chi connectivity index (χ0) is 31.8. The lowest BCUT2D eigenvalue weighted by molar-refractivity contribution is -0.275. The number of halogens is 6. The second-order valence-electron chi connectivity index (χ2n) is 9.80. The summed E-state index contributed by atoms with van der Waals surface area (Å²) in [7, 11) is 0. The van der Waals surface area contributed by atoms with E-state index in [0.29, 0.717) is 5.69 Å². The van der Waals surface area contributed by atoms with Gasteiger partial charge in [0, 0.05) is 17.6 Å². The Labute approximate surface area is 249 Å². The molecule has 0 radical (unpaired) electrons. The van der Waals surface area contributed by atoms with Crippen LogP contribution in [0.3, 0.4) is 0 Å². The summed E-state index contributed by atoms with van der Waals surface area (Å²) in [4.78, 5) is 3.83. The second kappa shape index (κ2) is 13.4. The summed E-state index contributed by atoms with van der Waals surface area (Å²) in [6.45, 7) is 1.74. The predicted octanol–water partition coefficient (Wildman–Crippen LogP) is 7.86. The van der Waals surface area contributed by atoms with Gasteiger partial charge < -0.3 is 20.1 Å². The molecule has 0 aliphatic heterocycles.